The van der Waals surface area contributed by atoms with Gasteiger partial charge in [0.25, 0.3) is 10.0 Å². The Balaban J connectivity index is 1.55. The molecule has 3 aromatic rings. The van der Waals surface area contributed by atoms with Crippen LogP contribution in [0.2, 0.25) is 0 Å². The number of carbonyl (C=O) groups excluding carboxylic acids is 1. The van der Waals surface area contributed by atoms with Crippen LogP contribution in [0.15, 0.2) is 34.0 Å². The first-order valence-corrected chi connectivity index (χ1v) is 12.8. The summed E-state index contributed by atoms with van der Waals surface area (Å²) in [4.78, 5) is 20.7. The molecule has 0 bridgehead atoms. The predicted octanol–water partition coefficient (Wildman–Crippen LogP) is 4.35. The molecule has 0 saturated carbocycles. The van der Waals surface area contributed by atoms with Crippen molar-refractivity contribution in [2.24, 2.45) is 5.41 Å². The van der Waals surface area contributed by atoms with Gasteiger partial charge in [-0.15, -0.1) is 22.7 Å². The zero-order valence-electron chi connectivity index (χ0n) is 17.1. The van der Waals surface area contributed by atoms with Gasteiger partial charge in [0.2, 0.25) is 0 Å². The summed E-state index contributed by atoms with van der Waals surface area (Å²) in [6.45, 7) is 6.36. The van der Waals surface area contributed by atoms with Crippen molar-refractivity contribution in [2.75, 3.05) is 10.0 Å². The van der Waals surface area contributed by atoms with Crippen LogP contribution in [0.3, 0.4) is 0 Å². The number of nitrogens with one attached hydrogen (secondary N) is 2. The van der Waals surface area contributed by atoms with E-state index in [-0.39, 0.29) is 22.5 Å². The molecule has 1 unspecified atom stereocenters. The zero-order valence-corrected chi connectivity index (χ0v) is 19.5. The molecule has 0 fully saturated rings. The third-order valence-electron chi connectivity index (χ3n) is 4.68. The molecule has 1 aromatic carbocycles. The van der Waals surface area contributed by atoms with Gasteiger partial charge < -0.3 is 5.32 Å². The number of carbonyl (C=O) groups is 1. The van der Waals surface area contributed by atoms with Gasteiger partial charge in [0.05, 0.1) is 17.3 Å². The first-order chi connectivity index (χ1) is 14.5. The Hall–Kier alpha value is -2.37. The number of rotatable bonds is 6. The summed E-state index contributed by atoms with van der Waals surface area (Å²) in [6.07, 6.45) is 2.50. The van der Waals surface area contributed by atoms with Crippen LogP contribution in [-0.4, -0.2) is 30.2 Å². The lowest BCUT2D eigenvalue weighted by atomic mass is 9.91. The van der Waals surface area contributed by atoms with Crippen molar-refractivity contribution in [1.82, 2.24) is 9.97 Å². The van der Waals surface area contributed by atoms with Crippen LogP contribution in [0.25, 0.3) is 0 Å². The Morgan fingerprint density at radius 1 is 1.23 bits per heavy atom. The quantitative estimate of drug-likeness (QED) is 0.544. The Morgan fingerprint density at radius 3 is 2.68 bits per heavy atom. The second-order valence-electron chi connectivity index (χ2n) is 8.50. The van der Waals surface area contributed by atoms with Gasteiger partial charge >= 0.3 is 0 Å². The monoisotopic (exact) mass is 480 g/mol. The molecule has 0 amide bonds. The highest BCUT2D eigenvalue weighted by Gasteiger charge is 2.37. The van der Waals surface area contributed by atoms with E-state index in [1.807, 2.05) is 5.38 Å². The Bertz CT molecular complexity index is 1230. The molecule has 164 valence electrons. The molecule has 0 aliphatic heterocycles. The highest BCUT2D eigenvalue weighted by Crippen LogP contribution is 2.32. The molecule has 2 aromatic heterocycles. The summed E-state index contributed by atoms with van der Waals surface area (Å²) >= 11 is 2.47. The highest BCUT2D eigenvalue weighted by molar-refractivity contribution is 7.93. The molecular formula is C20H21FN4O3S3. The average Bonchev–Trinajstić information content (AvgIpc) is 3.36. The fourth-order valence-electron chi connectivity index (χ4n) is 3.44. The molecule has 1 aliphatic carbocycles. The largest absolute Gasteiger partial charge is 0.351 e. The van der Waals surface area contributed by atoms with Crippen LogP contribution in [0.5, 0.6) is 0 Å². The minimum Gasteiger partial charge on any atom is -0.351 e. The lowest BCUT2D eigenvalue weighted by molar-refractivity contribution is 0.0978. The molecule has 31 heavy (non-hydrogen) atoms. The molecule has 0 spiro atoms. The number of fused-ring (bicyclic) bond motifs is 1. The van der Waals surface area contributed by atoms with E-state index < -0.39 is 32.6 Å². The number of nitrogens with zero attached hydrogens (tertiary/aromatic N) is 2. The second kappa shape index (κ2) is 7.95. The SMILES string of the molecule is CC(C)(C)Cc1csc(NC2Cc3ccc(S(=O)(=O)Nc4nccs4)c(F)c3C2=O)n1. The van der Waals surface area contributed by atoms with Gasteiger partial charge in [-0.2, -0.15) is 0 Å². The molecular weight excluding hydrogens is 459 g/mol. The molecule has 2 heterocycles. The van der Waals surface area contributed by atoms with Crippen LogP contribution >= 0.6 is 22.7 Å². The number of halogens is 1. The van der Waals surface area contributed by atoms with Crippen molar-refractivity contribution < 1.29 is 17.6 Å². The summed E-state index contributed by atoms with van der Waals surface area (Å²) in [7, 11) is -4.21. The lowest BCUT2D eigenvalue weighted by Crippen LogP contribution is -2.26. The molecule has 1 atom stereocenters. The lowest BCUT2D eigenvalue weighted by Gasteiger charge is -2.15. The van der Waals surface area contributed by atoms with E-state index in [1.54, 1.807) is 5.38 Å². The molecule has 0 saturated heterocycles. The Labute approximate surface area is 187 Å². The van der Waals surface area contributed by atoms with Crippen LogP contribution in [0.4, 0.5) is 14.7 Å². The van der Waals surface area contributed by atoms with Gasteiger partial charge in [0.1, 0.15) is 4.90 Å². The standard InChI is InChI=1S/C20H21FN4O3S3/c1-20(2,3)9-12-10-30-19(23-12)24-13-8-11-4-5-14(16(21)15(11)17(13)26)31(27,28)25-18-22-6-7-29-18/h4-7,10,13H,8-9H2,1-3H3,(H,22,25)(H,23,24). The van der Waals surface area contributed by atoms with Crippen LogP contribution in [-0.2, 0) is 22.9 Å². The second-order valence-corrected chi connectivity index (χ2v) is 11.9. The number of aromatic nitrogens is 2. The molecule has 11 heteroatoms. The minimum atomic E-state index is -4.21. The summed E-state index contributed by atoms with van der Waals surface area (Å²) in [5.41, 5.74) is 1.30. The van der Waals surface area contributed by atoms with E-state index in [9.17, 15) is 13.2 Å². The van der Waals surface area contributed by atoms with Crippen molar-refractivity contribution in [3.63, 3.8) is 0 Å². The average molecular weight is 481 g/mol. The smallest absolute Gasteiger partial charge is 0.266 e. The van der Waals surface area contributed by atoms with Crippen molar-refractivity contribution in [3.05, 3.63) is 51.7 Å². The third kappa shape index (κ3) is 4.63. The molecule has 7 nitrogen and oxygen atoms in total. The number of thiazole rings is 2. The topological polar surface area (TPSA) is 101 Å². The summed E-state index contributed by atoms with van der Waals surface area (Å²) in [5, 5.41) is 7.34. The first kappa shape index (κ1) is 21.8. The van der Waals surface area contributed by atoms with Crippen molar-refractivity contribution in [2.45, 2.75) is 44.6 Å². The maximum absolute atomic E-state index is 15.2. The number of hydrogen-bond acceptors (Lipinski definition) is 8. The van der Waals surface area contributed by atoms with E-state index in [4.69, 9.17) is 0 Å². The highest BCUT2D eigenvalue weighted by atomic mass is 32.2. The third-order valence-corrected chi connectivity index (χ3v) is 7.68. The van der Waals surface area contributed by atoms with E-state index in [1.165, 1.54) is 29.7 Å². The van der Waals surface area contributed by atoms with Crippen molar-refractivity contribution in [1.29, 1.82) is 0 Å². The number of anilines is 2. The van der Waals surface area contributed by atoms with Gasteiger partial charge in [0, 0.05) is 23.4 Å². The summed E-state index contributed by atoms with van der Waals surface area (Å²) in [5.74, 6) is -1.52. The zero-order chi connectivity index (χ0) is 22.4. The van der Waals surface area contributed by atoms with E-state index in [0.29, 0.717) is 10.7 Å². The fourth-order valence-corrected chi connectivity index (χ4v) is 6.07. The van der Waals surface area contributed by atoms with Gasteiger partial charge in [0.15, 0.2) is 21.9 Å². The first-order valence-electron chi connectivity index (χ1n) is 9.52. The van der Waals surface area contributed by atoms with Gasteiger partial charge in [-0.25, -0.2) is 22.8 Å². The maximum atomic E-state index is 15.2. The predicted molar refractivity (Wildman–Crippen MR) is 120 cm³/mol. The summed E-state index contributed by atoms with van der Waals surface area (Å²) < 4.78 is 42.6. The number of hydrogen-bond donors (Lipinski definition) is 2. The fraction of sp³-hybridized carbons (Fsp3) is 0.350. The molecule has 2 N–H and O–H groups in total. The van der Waals surface area contributed by atoms with Crippen LogP contribution in [0, 0.1) is 11.2 Å². The number of Topliss-reactive ketones (excluding diaryl/α,β-unsaturated/α-hetero) is 1. The van der Waals surface area contributed by atoms with Gasteiger partial charge in [-0.05, 0) is 23.5 Å². The number of sulfonamides is 1. The Kier molecular flexibility index (Phi) is 5.61. The minimum absolute atomic E-state index is 0.0858. The van der Waals surface area contributed by atoms with Crippen LogP contribution in [0.1, 0.15) is 42.4 Å². The maximum Gasteiger partial charge on any atom is 0.266 e. The van der Waals surface area contributed by atoms with Crippen molar-refractivity contribution in [3.8, 4) is 0 Å². The molecule has 0 radical (unpaired) electrons. The van der Waals surface area contributed by atoms with Crippen LogP contribution < -0.4 is 10.0 Å². The Morgan fingerprint density at radius 2 is 2.00 bits per heavy atom. The van der Waals surface area contributed by atoms with E-state index in [0.717, 1.165) is 23.5 Å². The molecule has 1 aliphatic rings. The van der Waals surface area contributed by atoms with E-state index >= 15 is 4.39 Å². The molecule has 4 rings (SSSR count). The number of ketones is 1. The normalized spacial score (nSPS) is 16.4. The van der Waals surface area contributed by atoms with E-state index in [2.05, 4.69) is 40.8 Å². The van der Waals surface area contributed by atoms with Crippen molar-refractivity contribution >= 4 is 48.7 Å². The van der Waals surface area contributed by atoms with Gasteiger partial charge in [-0.1, -0.05) is 26.8 Å². The number of benzene rings is 1. The summed E-state index contributed by atoms with van der Waals surface area (Å²) in [6, 6.07) is 1.98. The van der Waals surface area contributed by atoms with Gasteiger partial charge in [-0.3, -0.25) is 9.52 Å².